The van der Waals surface area contributed by atoms with Crippen LogP contribution in [0.3, 0.4) is 0 Å². The zero-order chi connectivity index (χ0) is 12.5. The Kier molecular flexibility index (Phi) is 1.59. The molecule has 4 rings (SSSR count). The lowest BCUT2D eigenvalue weighted by Gasteiger charge is -2.36. The lowest BCUT2D eigenvalue weighted by molar-refractivity contribution is 0.0704. The maximum atomic E-state index is 12.1. The summed E-state index contributed by atoms with van der Waals surface area (Å²) in [6.07, 6.45) is 1.69. The van der Waals surface area contributed by atoms with Crippen LogP contribution in [0.5, 0.6) is 0 Å². The van der Waals surface area contributed by atoms with Crippen molar-refractivity contribution in [2.75, 3.05) is 5.75 Å². The van der Waals surface area contributed by atoms with Gasteiger partial charge < -0.3 is 0 Å². The Labute approximate surface area is 110 Å². The molecule has 2 saturated heterocycles. The van der Waals surface area contributed by atoms with Gasteiger partial charge in [0.05, 0.1) is 5.75 Å². The Hall–Kier alpha value is 0.450. The third kappa shape index (κ3) is 0.778. The van der Waals surface area contributed by atoms with Gasteiger partial charge in [-0.1, -0.05) is 37.0 Å². The molecule has 0 radical (unpaired) electrons. The summed E-state index contributed by atoms with van der Waals surface area (Å²) >= 11 is 13.0. The summed E-state index contributed by atoms with van der Waals surface area (Å²) in [4.78, 5) is 5.44. The van der Waals surface area contributed by atoms with Crippen LogP contribution in [0, 0.1) is 16.7 Å². The molecule has 4 nitrogen and oxygen atoms in total. The second kappa shape index (κ2) is 2.40. The van der Waals surface area contributed by atoms with Gasteiger partial charge in [0.1, 0.15) is 0 Å². The number of hydroxylamine groups is 1. The number of halogens is 2. The van der Waals surface area contributed by atoms with Crippen molar-refractivity contribution in [2.45, 2.75) is 36.7 Å². The standard InChI is InChI=1S/C10H13Cl2NO3S/c1-7(2)6-3-4-8(7)5-17(14,15)13-10(8,16-13)9(6,11)12/h6H,3-5H2,1-2H3/t6?,8-,10?,13+/m0/s1. The summed E-state index contributed by atoms with van der Waals surface area (Å²) in [6, 6.07) is 0. The summed E-state index contributed by atoms with van der Waals surface area (Å²) in [5.74, 6) is 0.198. The Bertz CT molecular complexity index is 538. The number of alkyl halides is 2. The van der Waals surface area contributed by atoms with Crippen LogP contribution in [0.1, 0.15) is 26.7 Å². The van der Waals surface area contributed by atoms with E-state index in [0.717, 1.165) is 17.3 Å². The Morgan fingerprint density at radius 1 is 1.35 bits per heavy atom. The quantitative estimate of drug-likeness (QED) is 0.507. The molecule has 2 saturated carbocycles. The zero-order valence-electron chi connectivity index (χ0n) is 9.53. The van der Waals surface area contributed by atoms with Crippen molar-refractivity contribution in [3.8, 4) is 0 Å². The summed E-state index contributed by atoms with van der Waals surface area (Å²) in [7, 11) is -3.36. The number of rotatable bonds is 0. The predicted octanol–water partition coefficient (Wildman–Crippen LogP) is 1.88. The van der Waals surface area contributed by atoms with Crippen molar-refractivity contribution in [3.05, 3.63) is 0 Å². The summed E-state index contributed by atoms with van der Waals surface area (Å²) in [5, 5.41) is 0. The average Bonchev–Trinajstić information content (AvgIpc) is 2.78. The highest BCUT2D eigenvalue weighted by atomic mass is 35.5. The minimum absolute atomic E-state index is 0.0823. The van der Waals surface area contributed by atoms with E-state index in [2.05, 4.69) is 13.8 Å². The molecule has 17 heavy (non-hydrogen) atoms. The van der Waals surface area contributed by atoms with Crippen LogP contribution in [0.15, 0.2) is 0 Å². The van der Waals surface area contributed by atoms with Gasteiger partial charge in [0.15, 0.2) is 4.33 Å². The Balaban J connectivity index is 2.05. The highest BCUT2D eigenvalue weighted by molar-refractivity contribution is 7.89. The van der Waals surface area contributed by atoms with E-state index in [1.165, 1.54) is 0 Å². The largest absolute Gasteiger partial charge is 0.251 e. The number of sulfonamides is 1. The predicted molar refractivity (Wildman–Crippen MR) is 62.8 cm³/mol. The highest BCUT2D eigenvalue weighted by Gasteiger charge is 2.97. The minimum Gasteiger partial charge on any atom is -0.251 e. The van der Waals surface area contributed by atoms with E-state index >= 15 is 0 Å². The molecule has 0 N–H and O–H groups in total. The number of hydrogen-bond donors (Lipinski definition) is 0. The minimum atomic E-state index is -3.36. The van der Waals surface area contributed by atoms with Gasteiger partial charge in [-0.3, -0.25) is 4.84 Å². The molecule has 2 aliphatic carbocycles. The van der Waals surface area contributed by atoms with E-state index in [1.54, 1.807) is 0 Å². The maximum Gasteiger partial charge on any atom is 0.239 e. The topological polar surface area (TPSA) is 49.7 Å². The van der Waals surface area contributed by atoms with Crippen molar-refractivity contribution < 1.29 is 13.3 Å². The van der Waals surface area contributed by atoms with E-state index in [1.807, 2.05) is 0 Å². The van der Waals surface area contributed by atoms with E-state index in [9.17, 15) is 8.42 Å². The fraction of sp³-hybridized carbons (Fsp3) is 1.00. The molecule has 4 atom stereocenters. The van der Waals surface area contributed by atoms with Gasteiger partial charge >= 0.3 is 0 Å². The van der Waals surface area contributed by atoms with Crippen LogP contribution < -0.4 is 0 Å². The SMILES string of the molecule is CC1(C)C2CC[C@]13CS(=O)(=O)[N@@]1OC13C2(Cl)Cl. The molecule has 0 amide bonds. The molecule has 7 heteroatoms. The van der Waals surface area contributed by atoms with Crippen LogP contribution >= 0.6 is 23.2 Å². The first-order valence-electron chi connectivity index (χ1n) is 5.74. The van der Waals surface area contributed by atoms with Crippen LogP contribution in [0.25, 0.3) is 0 Å². The molecule has 2 bridgehead atoms. The van der Waals surface area contributed by atoms with Gasteiger partial charge in [-0.05, 0) is 22.7 Å². The summed E-state index contributed by atoms with van der Waals surface area (Å²) < 4.78 is 24.1. The van der Waals surface area contributed by atoms with Crippen LogP contribution in [0.4, 0.5) is 0 Å². The summed E-state index contributed by atoms with van der Waals surface area (Å²) in [6.45, 7) is 4.14. The molecular weight excluding hydrogens is 285 g/mol. The number of fused-ring (bicyclic) bond motifs is 1. The van der Waals surface area contributed by atoms with E-state index in [-0.39, 0.29) is 17.1 Å². The van der Waals surface area contributed by atoms with E-state index in [4.69, 9.17) is 28.0 Å². The van der Waals surface area contributed by atoms with Gasteiger partial charge in [0, 0.05) is 11.3 Å². The van der Waals surface area contributed by atoms with Crippen molar-refractivity contribution in [3.63, 3.8) is 0 Å². The maximum absolute atomic E-state index is 12.1. The third-order valence-corrected chi connectivity index (χ3v) is 8.36. The lowest BCUT2D eigenvalue weighted by atomic mass is 9.68. The monoisotopic (exact) mass is 297 g/mol. The van der Waals surface area contributed by atoms with E-state index in [0.29, 0.717) is 0 Å². The molecule has 0 aromatic rings. The van der Waals surface area contributed by atoms with Crippen LogP contribution in [-0.2, 0) is 14.9 Å². The van der Waals surface area contributed by atoms with Crippen molar-refractivity contribution in [1.82, 2.24) is 4.47 Å². The van der Waals surface area contributed by atoms with Gasteiger partial charge in [0.2, 0.25) is 15.7 Å². The molecule has 4 fully saturated rings. The molecule has 2 aliphatic heterocycles. The van der Waals surface area contributed by atoms with Crippen molar-refractivity contribution in [1.29, 1.82) is 0 Å². The Morgan fingerprint density at radius 2 is 2.00 bits per heavy atom. The van der Waals surface area contributed by atoms with Crippen LogP contribution in [-0.4, -0.2) is 28.7 Å². The molecule has 2 heterocycles. The first kappa shape index (κ1) is 11.3. The van der Waals surface area contributed by atoms with Crippen LogP contribution in [0.2, 0.25) is 0 Å². The second-order valence-electron chi connectivity index (χ2n) is 6.24. The lowest BCUT2D eigenvalue weighted by Crippen LogP contribution is -2.48. The average molecular weight is 298 g/mol. The Morgan fingerprint density at radius 3 is 2.53 bits per heavy atom. The highest BCUT2D eigenvalue weighted by Crippen LogP contribution is 2.85. The first-order valence-corrected chi connectivity index (χ1v) is 8.10. The molecule has 0 aromatic heterocycles. The molecule has 2 unspecified atom stereocenters. The van der Waals surface area contributed by atoms with Gasteiger partial charge in [-0.15, -0.1) is 0 Å². The fourth-order valence-corrected chi connectivity index (χ4v) is 8.56. The van der Waals surface area contributed by atoms with Gasteiger partial charge in [0.25, 0.3) is 0 Å². The fourth-order valence-electron chi connectivity index (χ4n) is 4.73. The van der Waals surface area contributed by atoms with Crippen molar-refractivity contribution in [2.24, 2.45) is 16.7 Å². The second-order valence-corrected chi connectivity index (χ2v) is 9.41. The zero-order valence-corrected chi connectivity index (χ0v) is 11.9. The van der Waals surface area contributed by atoms with Crippen molar-refractivity contribution >= 4 is 33.2 Å². The smallest absolute Gasteiger partial charge is 0.239 e. The molecule has 2 spiro atoms. The molecular formula is C10H13Cl2NO3S. The number of nitrogens with zero attached hydrogens (tertiary/aromatic N) is 1. The molecule has 96 valence electrons. The summed E-state index contributed by atoms with van der Waals surface area (Å²) in [5.41, 5.74) is -1.66. The van der Waals surface area contributed by atoms with E-state index < -0.39 is 25.5 Å². The van der Waals surface area contributed by atoms with Gasteiger partial charge in [-0.2, -0.15) is 0 Å². The molecule has 4 aliphatic rings. The molecule has 0 aromatic carbocycles. The number of hydrogen-bond acceptors (Lipinski definition) is 3. The van der Waals surface area contributed by atoms with Gasteiger partial charge in [-0.25, -0.2) is 8.42 Å². The normalized spacial score (nSPS) is 58.8. The third-order valence-electron chi connectivity index (χ3n) is 5.62. The first-order chi connectivity index (χ1) is 7.64.